The lowest BCUT2D eigenvalue weighted by atomic mass is 10.2. The van der Waals surface area contributed by atoms with Crippen LogP contribution in [-0.4, -0.2) is 32.9 Å². The van der Waals surface area contributed by atoms with Crippen LogP contribution in [0.3, 0.4) is 0 Å². The number of rotatable bonds is 4. The molecule has 7 heteroatoms. The number of carboxylic acid groups (broad SMARTS) is 1. The fourth-order valence-corrected chi connectivity index (χ4v) is 1.69. The molecule has 1 unspecified atom stereocenters. The molecule has 98 valence electrons. The van der Waals surface area contributed by atoms with E-state index >= 15 is 0 Å². The molecule has 1 fully saturated rings. The van der Waals surface area contributed by atoms with Gasteiger partial charge in [-0.05, 0) is 11.8 Å². The summed E-state index contributed by atoms with van der Waals surface area (Å²) in [6, 6.07) is -0.0907. The fraction of sp³-hybridized carbons (Fsp3) is 0.545. The van der Waals surface area contributed by atoms with Gasteiger partial charge in [0.15, 0.2) is 0 Å². The van der Waals surface area contributed by atoms with Crippen LogP contribution in [-0.2, 0) is 11.3 Å². The van der Waals surface area contributed by atoms with Crippen LogP contribution >= 0.6 is 0 Å². The van der Waals surface area contributed by atoms with Crippen molar-refractivity contribution < 1.29 is 14.7 Å². The fourth-order valence-electron chi connectivity index (χ4n) is 1.69. The standard InChI is InChI=1S/C11H16N4O3/c1-11(2)3-8(11)14-10(18)13-7-4-12-15(5-7)6-9(16)17/h4-5,8H,3,6H2,1-2H3,(H,16,17)(H2,13,14,18). The lowest BCUT2D eigenvalue weighted by Gasteiger charge is -2.07. The topological polar surface area (TPSA) is 96.3 Å². The van der Waals surface area contributed by atoms with E-state index in [0.29, 0.717) is 5.69 Å². The number of nitrogens with one attached hydrogen (secondary N) is 2. The Morgan fingerprint density at radius 1 is 1.61 bits per heavy atom. The summed E-state index contributed by atoms with van der Waals surface area (Å²) >= 11 is 0. The van der Waals surface area contributed by atoms with Crippen LogP contribution in [0.15, 0.2) is 12.4 Å². The van der Waals surface area contributed by atoms with Crippen molar-refractivity contribution in [2.24, 2.45) is 5.41 Å². The van der Waals surface area contributed by atoms with Crippen LogP contribution < -0.4 is 10.6 Å². The van der Waals surface area contributed by atoms with Crippen LogP contribution in [0.2, 0.25) is 0 Å². The van der Waals surface area contributed by atoms with Gasteiger partial charge >= 0.3 is 12.0 Å². The maximum Gasteiger partial charge on any atom is 0.325 e. The highest BCUT2D eigenvalue weighted by Gasteiger charge is 2.46. The molecule has 7 nitrogen and oxygen atoms in total. The van der Waals surface area contributed by atoms with E-state index in [1.54, 1.807) is 0 Å². The van der Waals surface area contributed by atoms with E-state index in [-0.39, 0.29) is 24.0 Å². The summed E-state index contributed by atoms with van der Waals surface area (Å²) in [6.45, 7) is 3.95. The molecule has 1 aliphatic rings. The Labute approximate surface area is 104 Å². The Bertz CT molecular complexity index is 480. The summed E-state index contributed by atoms with van der Waals surface area (Å²) in [5.41, 5.74) is 0.650. The third-order valence-electron chi connectivity index (χ3n) is 3.01. The predicted octanol–water partition coefficient (Wildman–Crippen LogP) is 0.888. The monoisotopic (exact) mass is 252 g/mol. The molecule has 1 saturated carbocycles. The van der Waals surface area contributed by atoms with E-state index in [1.165, 1.54) is 17.1 Å². The first-order valence-electron chi connectivity index (χ1n) is 5.68. The van der Waals surface area contributed by atoms with Crippen molar-refractivity contribution in [3.8, 4) is 0 Å². The highest BCUT2D eigenvalue weighted by Crippen LogP contribution is 2.44. The Balaban J connectivity index is 1.84. The van der Waals surface area contributed by atoms with Crippen molar-refractivity contribution in [3.05, 3.63) is 12.4 Å². The zero-order valence-electron chi connectivity index (χ0n) is 10.3. The maximum atomic E-state index is 11.6. The predicted molar refractivity (Wildman–Crippen MR) is 64.2 cm³/mol. The molecule has 0 radical (unpaired) electrons. The molecular weight excluding hydrogens is 236 g/mol. The van der Waals surface area contributed by atoms with Crippen LogP contribution in [0.4, 0.5) is 10.5 Å². The number of anilines is 1. The Morgan fingerprint density at radius 2 is 2.28 bits per heavy atom. The number of amides is 2. The van der Waals surface area contributed by atoms with Crippen molar-refractivity contribution in [1.29, 1.82) is 0 Å². The van der Waals surface area contributed by atoms with Crippen molar-refractivity contribution >= 4 is 17.7 Å². The van der Waals surface area contributed by atoms with Crippen LogP contribution in [0.5, 0.6) is 0 Å². The number of carbonyl (C=O) groups excluding carboxylic acids is 1. The van der Waals surface area contributed by atoms with E-state index in [2.05, 4.69) is 29.6 Å². The maximum absolute atomic E-state index is 11.6. The molecule has 0 bridgehead atoms. The first kappa shape index (κ1) is 12.4. The Kier molecular flexibility index (Phi) is 2.98. The van der Waals surface area contributed by atoms with Gasteiger partial charge in [0.05, 0.1) is 11.9 Å². The molecule has 1 aromatic rings. The highest BCUT2D eigenvalue weighted by atomic mass is 16.4. The summed E-state index contributed by atoms with van der Waals surface area (Å²) in [5, 5.41) is 17.9. The van der Waals surface area contributed by atoms with Gasteiger partial charge in [-0.2, -0.15) is 5.10 Å². The largest absolute Gasteiger partial charge is 0.480 e. The molecule has 1 heterocycles. The third kappa shape index (κ3) is 2.99. The van der Waals surface area contributed by atoms with E-state index in [1.807, 2.05) is 0 Å². The second kappa shape index (κ2) is 4.32. The number of carbonyl (C=O) groups is 2. The van der Waals surface area contributed by atoms with Crippen LogP contribution in [0.25, 0.3) is 0 Å². The summed E-state index contributed by atoms with van der Waals surface area (Å²) in [4.78, 5) is 22.1. The van der Waals surface area contributed by atoms with Gasteiger partial charge in [-0.25, -0.2) is 4.79 Å². The van der Waals surface area contributed by atoms with Gasteiger partial charge in [0.25, 0.3) is 0 Å². The van der Waals surface area contributed by atoms with E-state index in [0.717, 1.165) is 6.42 Å². The second-order valence-electron chi connectivity index (χ2n) is 5.16. The number of nitrogens with zero attached hydrogens (tertiary/aromatic N) is 2. The van der Waals surface area contributed by atoms with Gasteiger partial charge in [0, 0.05) is 12.2 Å². The summed E-state index contributed by atoms with van der Waals surface area (Å²) < 4.78 is 1.25. The van der Waals surface area contributed by atoms with Gasteiger partial charge in [-0.3, -0.25) is 9.48 Å². The first-order valence-corrected chi connectivity index (χ1v) is 5.68. The number of urea groups is 1. The third-order valence-corrected chi connectivity index (χ3v) is 3.01. The smallest absolute Gasteiger partial charge is 0.325 e. The lowest BCUT2D eigenvalue weighted by Crippen LogP contribution is -2.32. The van der Waals surface area contributed by atoms with Crippen molar-refractivity contribution in [2.75, 3.05) is 5.32 Å². The molecule has 3 N–H and O–H groups in total. The SMILES string of the molecule is CC1(C)CC1NC(=O)Nc1cnn(CC(=O)O)c1. The van der Waals surface area contributed by atoms with E-state index < -0.39 is 5.97 Å². The molecule has 1 aliphatic carbocycles. The first-order chi connectivity index (χ1) is 8.37. The van der Waals surface area contributed by atoms with Gasteiger partial charge in [0.1, 0.15) is 6.54 Å². The van der Waals surface area contributed by atoms with Crippen molar-refractivity contribution in [1.82, 2.24) is 15.1 Å². The Morgan fingerprint density at radius 3 is 2.83 bits per heavy atom. The molecule has 0 spiro atoms. The normalized spacial score (nSPS) is 20.2. The minimum atomic E-state index is -0.978. The number of hydrogen-bond donors (Lipinski definition) is 3. The molecule has 1 aromatic heterocycles. The molecule has 0 saturated heterocycles. The minimum absolute atomic E-state index is 0.171. The highest BCUT2D eigenvalue weighted by molar-refractivity contribution is 5.89. The van der Waals surface area contributed by atoms with E-state index in [4.69, 9.17) is 5.11 Å². The molecule has 0 aliphatic heterocycles. The van der Waals surface area contributed by atoms with Gasteiger partial charge in [0.2, 0.25) is 0 Å². The second-order valence-corrected chi connectivity index (χ2v) is 5.16. The van der Waals surface area contributed by atoms with Gasteiger partial charge < -0.3 is 15.7 Å². The van der Waals surface area contributed by atoms with Crippen molar-refractivity contribution in [3.63, 3.8) is 0 Å². The number of aliphatic carboxylic acids is 1. The number of aromatic nitrogens is 2. The molecule has 0 aromatic carbocycles. The molecular formula is C11H16N4O3. The number of carboxylic acids is 1. The number of hydrogen-bond acceptors (Lipinski definition) is 3. The molecule has 2 rings (SSSR count). The zero-order valence-corrected chi connectivity index (χ0v) is 10.3. The van der Waals surface area contributed by atoms with Crippen molar-refractivity contribution in [2.45, 2.75) is 32.9 Å². The molecule has 18 heavy (non-hydrogen) atoms. The average Bonchev–Trinajstić information content (AvgIpc) is 2.64. The lowest BCUT2D eigenvalue weighted by molar-refractivity contribution is -0.137. The zero-order chi connectivity index (χ0) is 13.3. The molecule has 2 amide bonds. The van der Waals surface area contributed by atoms with Gasteiger partial charge in [-0.15, -0.1) is 0 Å². The van der Waals surface area contributed by atoms with E-state index in [9.17, 15) is 9.59 Å². The van der Waals surface area contributed by atoms with Gasteiger partial charge in [-0.1, -0.05) is 13.8 Å². The quantitative estimate of drug-likeness (QED) is 0.741. The summed E-state index contributed by atoms with van der Waals surface area (Å²) in [6.07, 6.45) is 3.87. The summed E-state index contributed by atoms with van der Waals surface area (Å²) in [5.74, 6) is -0.978. The van der Waals surface area contributed by atoms with Crippen LogP contribution in [0, 0.1) is 5.41 Å². The Hall–Kier alpha value is -2.05. The summed E-state index contributed by atoms with van der Waals surface area (Å²) in [7, 11) is 0. The molecule has 1 atom stereocenters. The average molecular weight is 252 g/mol. The minimum Gasteiger partial charge on any atom is -0.480 e. The van der Waals surface area contributed by atoms with Crippen LogP contribution in [0.1, 0.15) is 20.3 Å².